The van der Waals surface area contributed by atoms with E-state index >= 15 is 0 Å². The predicted molar refractivity (Wildman–Crippen MR) is 46.6 cm³/mol. The summed E-state index contributed by atoms with van der Waals surface area (Å²) < 4.78 is 26.5. The highest BCUT2D eigenvalue weighted by atomic mass is 19.3. The van der Waals surface area contributed by atoms with E-state index in [4.69, 9.17) is 5.73 Å². The molecule has 0 amide bonds. The van der Waals surface area contributed by atoms with Crippen LogP contribution in [0.4, 0.5) is 8.78 Å². The molecule has 0 bridgehead atoms. The summed E-state index contributed by atoms with van der Waals surface area (Å²) >= 11 is 0. The summed E-state index contributed by atoms with van der Waals surface area (Å²) in [5.74, 6) is -2.73. The first-order valence-corrected chi connectivity index (χ1v) is 4.67. The highest BCUT2D eigenvalue weighted by molar-refractivity contribution is 4.94. The van der Waals surface area contributed by atoms with Crippen molar-refractivity contribution in [1.82, 2.24) is 0 Å². The molecule has 1 aliphatic rings. The van der Waals surface area contributed by atoms with E-state index in [2.05, 4.69) is 0 Å². The van der Waals surface area contributed by atoms with Crippen molar-refractivity contribution in [3.63, 3.8) is 0 Å². The van der Waals surface area contributed by atoms with Gasteiger partial charge in [0.1, 0.15) is 0 Å². The molecule has 0 radical (unpaired) electrons. The van der Waals surface area contributed by atoms with Crippen LogP contribution in [0.2, 0.25) is 0 Å². The van der Waals surface area contributed by atoms with E-state index in [-0.39, 0.29) is 6.54 Å². The lowest BCUT2D eigenvalue weighted by molar-refractivity contribution is -0.130. The van der Waals surface area contributed by atoms with Crippen molar-refractivity contribution in [2.45, 2.75) is 44.6 Å². The molecule has 1 saturated carbocycles. The van der Waals surface area contributed by atoms with Crippen molar-refractivity contribution in [2.75, 3.05) is 6.54 Å². The number of alkyl halides is 2. The Kier molecular flexibility index (Phi) is 2.92. The van der Waals surface area contributed by atoms with Gasteiger partial charge in [-0.3, -0.25) is 0 Å². The molecule has 0 aromatic rings. The highest BCUT2D eigenvalue weighted by Crippen LogP contribution is 2.46. The first kappa shape index (κ1) is 10.9. The molecule has 0 atom stereocenters. The van der Waals surface area contributed by atoms with Gasteiger partial charge in [0.25, 0.3) is 5.92 Å². The minimum Gasteiger partial charge on any atom is -0.393 e. The first-order chi connectivity index (χ1) is 5.91. The van der Waals surface area contributed by atoms with Crippen LogP contribution in [0.3, 0.4) is 0 Å². The minimum atomic E-state index is -2.73. The zero-order chi connectivity index (χ0) is 10.1. The summed E-state index contributed by atoms with van der Waals surface area (Å²) in [7, 11) is 0. The molecule has 0 heterocycles. The Balaban J connectivity index is 2.72. The van der Waals surface area contributed by atoms with Gasteiger partial charge in [0.2, 0.25) is 0 Å². The Morgan fingerprint density at radius 1 is 1.46 bits per heavy atom. The summed E-state index contributed by atoms with van der Waals surface area (Å²) in [5.41, 5.74) is 4.33. The Morgan fingerprint density at radius 3 is 2.23 bits per heavy atom. The third-order valence-electron chi connectivity index (χ3n) is 3.23. The fraction of sp³-hybridized carbons (Fsp3) is 1.00. The van der Waals surface area contributed by atoms with Crippen molar-refractivity contribution in [3.05, 3.63) is 0 Å². The number of nitrogens with two attached hydrogens (primary N) is 1. The molecule has 2 nitrogen and oxygen atoms in total. The average molecular weight is 193 g/mol. The lowest BCUT2D eigenvalue weighted by Gasteiger charge is -2.42. The van der Waals surface area contributed by atoms with Gasteiger partial charge in [-0.2, -0.15) is 0 Å². The number of rotatable bonds is 2. The zero-order valence-electron chi connectivity index (χ0n) is 7.89. The van der Waals surface area contributed by atoms with Crippen molar-refractivity contribution in [2.24, 2.45) is 11.1 Å². The summed E-state index contributed by atoms with van der Waals surface area (Å²) in [4.78, 5) is 0. The van der Waals surface area contributed by atoms with Crippen LogP contribution in [0.1, 0.15) is 32.6 Å². The third kappa shape index (κ3) is 1.99. The van der Waals surface area contributed by atoms with E-state index in [1.165, 1.54) is 0 Å². The molecule has 1 fully saturated rings. The van der Waals surface area contributed by atoms with Crippen LogP contribution < -0.4 is 5.73 Å². The zero-order valence-corrected chi connectivity index (χ0v) is 7.89. The largest absolute Gasteiger partial charge is 0.393 e. The van der Waals surface area contributed by atoms with Gasteiger partial charge in [-0.25, -0.2) is 8.78 Å². The number of hydrogen-bond acceptors (Lipinski definition) is 2. The molecule has 0 saturated heterocycles. The van der Waals surface area contributed by atoms with Crippen molar-refractivity contribution in [1.29, 1.82) is 0 Å². The molecular formula is C9H17F2NO. The van der Waals surface area contributed by atoms with E-state index in [9.17, 15) is 13.9 Å². The summed E-state index contributed by atoms with van der Waals surface area (Å²) in [6.07, 6.45) is 1.13. The molecular weight excluding hydrogens is 176 g/mol. The summed E-state index contributed by atoms with van der Waals surface area (Å²) in [6.45, 7) is 0.931. The summed E-state index contributed by atoms with van der Waals surface area (Å²) in [5, 5.41) is 9.22. The van der Waals surface area contributed by atoms with Crippen LogP contribution in [0.25, 0.3) is 0 Å². The van der Waals surface area contributed by atoms with Gasteiger partial charge >= 0.3 is 0 Å². The lowest BCUT2D eigenvalue weighted by atomic mass is 9.69. The lowest BCUT2D eigenvalue weighted by Crippen LogP contribution is -2.48. The Morgan fingerprint density at radius 2 is 1.92 bits per heavy atom. The average Bonchev–Trinajstić information content (AvgIpc) is 2.04. The van der Waals surface area contributed by atoms with Gasteiger partial charge < -0.3 is 10.8 Å². The Bertz CT molecular complexity index is 171. The van der Waals surface area contributed by atoms with Gasteiger partial charge in [-0.15, -0.1) is 0 Å². The van der Waals surface area contributed by atoms with Gasteiger partial charge in [-0.05, 0) is 32.6 Å². The summed E-state index contributed by atoms with van der Waals surface area (Å²) in [6, 6.07) is 0. The second-order valence-corrected chi connectivity index (χ2v) is 4.10. The quantitative estimate of drug-likeness (QED) is 0.698. The maximum atomic E-state index is 13.2. The fourth-order valence-electron chi connectivity index (χ4n) is 1.98. The number of aliphatic hydroxyl groups is 1. The first-order valence-electron chi connectivity index (χ1n) is 4.67. The minimum absolute atomic E-state index is 0.00319. The van der Waals surface area contributed by atoms with E-state index in [1.54, 1.807) is 0 Å². The van der Waals surface area contributed by atoms with E-state index in [0.717, 1.165) is 6.92 Å². The molecule has 1 rings (SSSR count). The second kappa shape index (κ2) is 3.50. The van der Waals surface area contributed by atoms with Crippen LogP contribution in [0.15, 0.2) is 0 Å². The van der Waals surface area contributed by atoms with Crippen LogP contribution in [0, 0.1) is 5.41 Å². The molecule has 0 aromatic heterocycles. The number of halogens is 2. The second-order valence-electron chi connectivity index (χ2n) is 4.10. The monoisotopic (exact) mass is 193 g/mol. The van der Waals surface area contributed by atoms with E-state index < -0.39 is 17.4 Å². The third-order valence-corrected chi connectivity index (χ3v) is 3.23. The van der Waals surface area contributed by atoms with Crippen LogP contribution in [-0.4, -0.2) is 23.7 Å². The smallest absolute Gasteiger partial charge is 0.252 e. The molecule has 78 valence electrons. The Hall–Kier alpha value is -0.220. The molecule has 0 spiro atoms. The molecule has 0 unspecified atom stereocenters. The topological polar surface area (TPSA) is 46.2 Å². The normalized spacial score (nSPS) is 36.2. The van der Waals surface area contributed by atoms with Crippen molar-refractivity contribution < 1.29 is 13.9 Å². The SMILES string of the molecule is CC(F)(F)C1(CN)CCC(O)CC1. The van der Waals surface area contributed by atoms with E-state index in [1.807, 2.05) is 0 Å². The van der Waals surface area contributed by atoms with Crippen LogP contribution >= 0.6 is 0 Å². The molecule has 13 heavy (non-hydrogen) atoms. The molecule has 1 aliphatic carbocycles. The van der Waals surface area contributed by atoms with Gasteiger partial charge in [0, 0.05) is 12.0 Å². The fourth-order valence-corrected chi connectivity index (χ4v) is 1.98. The highest BCUT2D eigenvalue weighted by Gasteiger charge is 2.50. The predicted octanol–water partition coefficient (Wildman–Crippen LogP) is 1.52. The number of aliphatic hydroxyl groups excluding tert-OH is 1. The van der Waals surface area contributed by atoms with Crippen LogP contribution in [-0.2, 0) is 0 Å². The maximum absolute atomic E-state index is 13.2. The van der Waals surface area contributed by atoms with Gasteiger partial charge in [-0.1, -0.05) is 0 Å². The molecule has 0 aromatic carbocycles. The Labute approximate surface area is 77.1 Å². The maximum Gasteiger partial charge on any atom is 0.252 e. The molecule has 0 aliphatic heterocycles. The van der Waals surface area contributed by atoms with Crippen LogP contribution in [0.5, 0.6) is 0 Å². The van der Waals surface area contributed by atoms with Gasteiger partial charge in [0.05, 0.1) is 6.10 Å². The van der Waals surface area contributed by atoms with Gasteiger partial charge in [0.15, 0.2) is 0 Å². The van der Waals surface area contributed by atoms with Crippen molar-refractivity contribution in [3.8, 4) is 0 Å². The van der Waals surface area contributed by atoms with Crippen molar-refractivity contribution >= 4 is 0 Å². The number of hydrogen-bond donors (Lipinski definition) is 2. The molecule has 3 N–H and O–H groups in total. The standard InChI is InChI=1S/C9H17F2NO/c1-8(10,11)9(6-12)4-2-7(13)3-5-9/h7,13H,2-6,12H2,1H3. The molecule has 4 heteroatoms. The van der Waals surface area contributed by atoms with E-state index in [0.29, 0.717) is 25.7 Å².